The predicted octanol–water partition coefficient (Wildman–Crippen LogP) is 2.70. The molecule has 0 saturated carbocycles. The molecule has 3 aromatic carbocycles. The minimum absolute atomic E-state index is 0. The fourth-order valence-electron chi connectivity index (χ4n) is 2.11. The van der Waals surface area contributed by atoms with Crippen molar-refractivity contribution >= 4 is 30.4 Å². The van der Waals surface area contributed by atoms with E-state index in [-0.39, 0.29) is 51.6 Å². The number of benzene rings is 3. The second-order valence-electron chi connectivity index (χ2n) is 6.80. The first kappa shape index (κ1) is 32.6. The molecule has 192 valence electrons. The molecule has 3 aromatic rings. The van der Waals surface area contributed by atoms with E-state index >= 15 is 0 Å². The Morgan fingerprint density at radius 1 is 0.412 bits per heavy atom. The molecule has 3 rings (SSSR count). The Bertz CT molecular complexity index is 1190. The van der Waals surface area contributed by atoms with Crippen molar-refractivity contribution < 1.29 is 75.8 Å². The van der Waals surface area contributed by atoms with Gasteiger partial charge in [-0.2, -0.15) is 0 Å². The summed E-state index contributed by atoms with van der Waals surface area (Å²) in [4.78, 5) is -0.533. The van der Waals surface area contributed by atoms with E-state index in [4.69, 9.17) is 0 Å². The standard InChI is InChI=1S/3C7H8O3S.Lu/c3*1-6-2-4-7(5-3-6)11(8,9)10;/h3*2-5H,1H3,(H,8,9,10);/q;;;+3/p-3. The van der Waals surface area contributed by atoms with E-state index in [0.717, 1.165) is 16.7 Å². The summed E-state index contributed by atoms with van der Waals surface area (Å²) in [6.07, 6.45) is 0. The van der Waals surface area contributed by atoms with Gasteiger partial charge < -0.3 is 13.7 Å². The Balaban J connectivity index is 0.000000473. The summed E-state index contributed by atoms with van der Waals surface area (Å²) in [5.41, 5.74) is 2.78. The van der Waals surface area contributed by atoms with Gasteiger partial charge in [-0.3, -0.25) is 0 Å². The molecule has 0 radical (unpaired) electrons. The van der Waals surface area contributed by atoms with Crippen LogP contribution in [0.1, 0.15) is 16.7 Å². The summed E-state index contributed by atoms with van der Waals surface area (Å²) < 4.78 is 93.5. The van der Waals surface area contributed by atoms with Gasteiger partial charge >= 0.3 is 36.9 Å². The topological polar surface area (TPSA) is 172 Å². The Labute approximate surface area is 229 Å². The van der Waals surface area contributed by atoms with E-state index in [0.29, 0.717) is 0 Å². The zero-order valence-corrected chi connectivity index (χ0v) is 22.2. The molecule has 0 atom stereocenters. The molecule has 0 saturated heterocycles. The van der Waals surface area contributed by atoms with E-state index in [2.05, 4.69) is 0 Å². The van der Waals surface area contributed by atoms with Crippen LogP contribution < -0.4 is 0 Å². The molecule has 0 N–H and O–H groups in total. The Morgan fingerprint density at radius 3 is 0.676 bits per heavy atom. The molecule has 0 unspecified atom stereocenters. The van der Waals surface area contributed by atoms with Gasteiger partial charge in [0, 0.05) is 0 Å². The summed E-state index contributed by atoms with van der Waals surface area (Å²) in [5, 5.41) is 0. The largest absolute Gasteiger partial charge is 3.00 e. The maximum Gasteiger partial charge on any atom is 3.00 e. The first-order chi connectivity index (χ1) is 15.0. The quantitative estimate of drug-likeness (QED) is 0.375. The molecular weight excluding hydrogens is 667 g/mol. The summed E-state index contributed by atoms with van der Waals surface area (Å²) in [7, 11) is -12.8. The van der Waals surface area contributed by atoms with Crippen molar-refractivity contribution in [1.29, 1.82) is 0 Å². The van der Waals surface area contributed by atoms with Crippen molar-refractivity contribution in [3.05, 3.63) is 89.5 Å². The molecule has 0 aromatic heterocycles. The van der Waals surface area contributed by atoms with Crippen molar-refractivity contribution in [2.45, 2.75) is 35.5 Å². The molecule has 9 nitrogen and oxygen atoms in total. The number of aryl methyl sites for hydroxylation is 3. The summed E-state index contributed by atoms with van der Waals surface area (Å²) in [6.45, 7) is 5.46. The van der Waals surface area contributed by atoms with Gasteiger partial charge in [0.1, 0.15) is 30.4 Å². The summed E-state index contributed by atoms with van der Waals surface area (Å²) >= 11 is 0. The fraction of sp³-hybridized carbons (Fsp3) is 0.143. The Kier molecular flexibility index (Phi) is 13.1. The first-order valence-electron chi connectivity index (χ1n) is 9.08. The average molecular weight is 689 g/mol. The normalized spacial score (nSPS) is 11.1. The molecule has 0 aliphatic heterocycles. The van der Waals surface area contributed by atoms with Gasteiger partial charge in [0.25, 0.3) is 0 Å². The minimum Gasteiger partial charge on any atom is -0.744 e. The molecule has 0 bridgehead atoms. The zero-order chi connectivity index (χ0) is 25.4. The van der Waals surface area contributed by atoms with E-state index in [9.17, 15) is 38.9 Å². The van der Waals surface area contributed by atoms with Gasteiger partial charge in [-0.25, -0.2) is 25.3 Å². The van der Waals surface area contributed by atoms with Gasteiger partial charge in [0.05, 0.1) is 14.7 Å². The van der Waals surface area contributed by atoms with Crippen LogP contribution in [0.4, 0.5) is 0 Å². The van der Waals surface area contributed by atoms with Crippen molar-refractivity contribution in [1.82, 2.24) is 0 Å². The number of hydrogen-bond acceptors (Lipinski definition) is 9. The Hall–Kier alpha value is -1.38. The van der Waals surface area contributed by atoms with Crippen molar-refractivity contribution in [2.75, 3.05) is 0 Å². The van der Waals surface area contributed by atoms with Gasteiger partial charge in [0.15, 0.2) is 0 Å². The first-order valence-corrected chi connectivity index (χ1v) is 13.3. The van der Waals surface area contributed by atoms with Crippen molar-refractivity contribution in [3.8, 4) is 0 Å². The summed E-state index contributed by atoms with van der Waals surface area (Å²) in [5.74, 6) is 0. The van der Waals surface area contributed by atoms with Crippen LogP contribution in [-0.4, -0.2) is 38.9 Å². The van der Waals surface area contributed by atoms with E-state index < -0.39 is 30.4 Å². The molecule has 0 aliphatic rings. The molecule has 0 fully saturated rings. The molecule has 34 heavy (non-hydrogen) atoms. The van der Waals surface area contributed by atoms with Crippen LogP contribution in [0.3, 0.4) is 0 Å². The maximum atomic E-state index is 10.4. The minimum atomic E-state index is -4.27. The van der Waals surface area contributed by atoms with Crippen LogP contribution in [0, 0.1) is 57.6 Å². The van der Waals surface area contributed by atoms with Crippen LogP contribution in [0.2, 0.25) is 0 Å². The van der Waals surface area contributed by atoms with Crippen LogP contribution >= 0.6 is 0 Å². The van der Waals surface area contributed by atoms with Gasteiger partial charge in [0.2, 0.25) is 0 Å². The Morgan fingerprint density at radius 2 is 0.559 bits per heavy atom. The van der Waals surface area contributed by atoms with Crippen LogP contribution in [-0.2, 0) is 30.4 Å². The molecular formula is C21H21LuO9S3. The average Bonchev–Trinajstić information content (AvgIpc) is 2.68. The van der Waals surface area contributed by atoms with Crippen LogP contribution in [0.15, 0.2) is 87.5 Å². The molecule has 0 amide bonds. The molecule has 0 heterocycles. The third kappa shape index (κ3) is 12.4. The molecule has 0 aliphatic carbocycles. The smallest absolute Gasteiger partial charge is 0.744 e. The van der Waals surface area contributed by atoms with Gasteiger partial charge in [-0.05, 0) is 57.2 Å². The third-order valence-corrected chi connectivity index (χ3v) is 6.48. The van der Waals surface area contributed by atoms with Crippen molar-refractivity contribution in [2.24, 2.45) is 0 Å². The van der Waals surface area contributed by atoms with Crippen LogP contribution in [0.5, 0.6) is 0 Å². The maximum absolute atomic E-state index is 10.4. The monoisotopic (exact) mass is 688 g/mol. The van der Waals surface area contributed by atoms with E-state index in [1.807, 2.05) is 20.8 Å². The molecule has 0 spiro atoms. The fourth-order valence-corrected chi connectivity index (χ4v) is 3.52. The third-order valence-electron chi connectivity index (χ3n) is 3.93. The summed E-state index contributed by atoms with van der Waals surface area (Å²) in [6, 6.07) is 17.3. The van der Waals surface area contributed by atoms with E-state index in [1.165, 1.54) is 36.4 Å². The van der Waals surface area contributed by atoms with E-state index in [1.54, 1.807) is 36.4 Å². The SMILES string of the molecule is Cc1ccc(S(=O)(=O)[O-])cc1.Cc1ccc(S(=O)(=O)[O-])cc1.Cc1ccc(S(=O)(=O)[O-])cc1.[Lu+3]. The molecule has 13 heteroatoms. The zero-order valence-electron chi connectivity index (χ0n) is 18.1. The van der Waals surface area contributed by atoms with Crippen LogP contribution in [0.25, 0.3) is 0 Å². The number of rotatable bonds is 3. The predicted molar refractivity (Wildman–Crippen MR) is 117 cm³/mol. The second-order valence-corrected chi connectivity index (χ2v) is 10.9. The van der Waals surface area contributed by atoms with Gasteiger partial charge in [-0.1, -0.05) is 53.1 Å². The number of hydrogen-bond donors (Lipinski definition) is 0. The second kappa shape index (κ2) is 13.6. The van der Waals surface area contributed by atoms with Crippen molar-refractivity contribution in [3.63, 3.8) is 0 Å². The van der Waals surface area contributed by atoms with Gasteiger partial charge in [-0.15, -0.1) is 0 Å².